The van der Waals surface area contributed by atoms with Crippen LogP contribution in [-0.2, 0) is 11.2 Å². The normalized spacial score (nSPS) is 18.0. The van der Waals surface area contributed by atoms with E-state index < -0.39 is 0 Å². The lowest BCUT2D eigenvalue weighted by Gasteiger charge is -2.31. The standard InChI is InChI=1S/C19H25NO/c1-2-20-19(17-9-11-21-12-10-17)14-15-7-8-16-5-3-4-6-18(16)13-15/h3-8,13,17,19-20H,2,9-12,14H2,1H3. The van der Waals surface area contributed by atoms with Crippen molar-refractivity contribution in [1.82, 2.24) is 5.32 Å². The van der Waals surface area contributed by atoms with Crippen LogP contribution in [0.25, 0.3) is 10.8 Å². The van der Waals surface area contributed by atoms with E-state index in [-0.39, 0.29) is 0 Å². The molecule has 0 aliphatic carbocycles. The van der Waals surface area contributed by atoms with Gasteiger partial charge in [0, 0.05) is 19.3 Å². The maximum atomic E-state index is 5.51. The molecular weight excluding hydrogens is 258 g/mol. The SMILES string of the molecule is CCNC(Cc1ccc2ccccc2c1)C1CCOCC1. The first-order valence-corrected chi connectivity index (χ1v) is 8.15. The van der Waals surface area contributed by atoms with Crippen LogP contribution in [0.4, 0.5) is 0 Å². The van der Waals surface area contributed by atoms with Gasteiger partial charge in [-0.25, -0.2) is 0 Å². The molecule has 1 fully saturated rings. The smallest absolute Gasteiger partial charge is 0.0469 e. The van der Waals surface area contributed by atoms with Gasteiger partial charge in [-0.3, -0.25) is 0 Å². The van der Waals surface area contributed by atoms with E-state index >= 15 is 0 Å². The Morgan fingerprint density at radius 1 is 1.10 bits per heavy atom. The lowest BCUT2D eigenvalue weighted by molar-refractivity contribution is 0.0540. The van der Waals surface area contributed by atoms with Gasteiger partial charge in [-0.1, -0.05) is 49.4 Å². The Kier molecular flexibility index (Phi) is 4.89. The predicted molar refractivity (Wildman–Crippen MR) is 88.7 cm³/mol. The van der Waals surface area contributed by atoms with Gasteiger partial charge in [0.25, 0.3) is 0 Å². The Bertz CT molecular complexity index is 575. The molecule has 0 amide bonds. The van der Waals surface area contributed by atoms with Gasteiger partial charge in [0.15, 0.2) is 0 Å². The zero-order chi connectivity index (χ0) is 14.5. The zero-order valence-corrected chi connectivity index (χ0v) is 12.8. The highest BCUT2D eigenvalue weighted by atomic mass is 16.5. The second-order valence-electron chi connectivity index (χ2n) is 6.00. The Labute approximate surface area is 127 Å². The van der Waals surface area contributed by atoms with E-state index in [0.717, 1.165) is 32.1 Å². The molecule has 1 unspecified atom stereocenters. The van der Waals surface area contributed by atoms with Crippen LogP contribution in [0.5, 0.6) is 0 Å². The van der Waals surface area contributed by atoms with Gasteiger partial charge in [-0.2, -0.15) is 0 Å². The summed E-state index contributed by atoms with van der Waals surface area (Å²) in [5, 5.41) is 6.36. The molecule has 0 radical (unpaired) electrons. The van der Waals surface area contributed by atoms with Crippen LogP contribution in [0, 0.1) is 5.92 Å². The summed E-state index contributed by atoms with van der Waals surface area (Å²) >= 11 is 0. The van der Waals surface area contributed by atoms with Crippen LogP contribution in [0.2, 0.25) is 0 Å². The fourth-order valence-electron chi connectivity index (χ4n) is 3.41. The molecule has 2 aromatic carbocycles. The highest BCUT2D eigenvalue weighted by Gasteiger charge is 2.23. The summed E-state index contributed by atoms with van der Waals surface area (Å²) in [5.74, 6) is 0.741. The molecule has 0 bridgehead atoms. The molecule has 1 heterocycles. The first kappa shape index (κ1) is 14.6. The van der Waals surface area contributed by atoms with Crippen molar-refractivity contribution in [3.05, 3.63) is 48.0 Å². The summed E-state index contributed by atoms with van der Waals surface area (Å²) in [6, 6.07) is 16.1. The van der Waals surface area contributed by atoms with Crippen molar-refractivity contribution in [3.63, 3.8) is 0 Å². The van der Waals surface area contributed by atoms with Crippen molar-refractivity contribution < 1.29 is 4.74 Å². The van der Waals surface area contributed by atoms with E-state index in [1.807, 2.05) is 0 Å². The lowest BCUT2D eigenvalue weighted by atomic mass is 9.87. The zero-order valence-electron chi connectivity index (χ0n) is 12.8. The topological polar surface area (TPSA) is 21.3 Å². The summed E-state index contributed by atoms with van der Waals surface area (Å²) in [7, 11) is 0. The minimum atomic E-state index is 0.570. The van der Waals surface area contributed by atoms with Crippen molar-refractivity contribution in [2.45, 2.75) is 32.2 Å². The number of benzene rings is 2. The van der Waals surface area contributed by atoms with Crippen LogP contribution in [0.15, 0.2) is 42.5 Å². The van der Waals surface area contributed by atoms with Gasteiger partial charge in [0.05, 0.1) is 0 Å². The highest BCUT2D eigenvalue weighted by molar-refractivity contribution is 5.82. The molecular formula is C19H25NO. The van der Waals surface area contributed by atoms with E-state index in [1.165, 1.54) is 29.2 Å². The molecule has 112 valence electrons. The lowest BCUT2D eigenvalue weighted by Crippen LogP contribution is -2.40. The van der Waals surface area contributed by atoms with E-state index in [2.05, 4.69) is 54.7 Å². The average Bonchev–Trinajstić information content (AvgIpc) is 2.55. The first-order chi connectivity index (χ1) is 10.4. The van der Waals surface area contributed by atoms with Crippen LogP contribution < -0.4 is 5.32 Å². The van der Waals surface area contributed by atoms with Crippen LogP contribution >= 0.6 is 0 Å². The molecule has 2 aromatic rings. The number of likely N-dealkylation sites (N-methyl/N-ethyl adjacent to an activating group) is 1. The van der Waals surface area contributed by atoms with E-state index in [9.17, 15) is 0 Å². The van der Waals surface area contributed by atoms with Crippen LogP contribution in [-0.4, -0.2) is 25.8 Å². The van der Waals surface area contributed by atoms with E-state index in [1.54, 1.807) is 0 Å². The van der Waals surface area contributed by atoms with Gasteiger partial charge in [-0.15, -0.1) is 0 Å². The third-order valence-electron chi connectivity index (χ3n) is 4.57. The van der Waals surface area contributed by atoms with Crippen LogP contribution in [0.1, 0.15) is 25.3 Å². The minimum absolute atomic E-state index is 0.570. The number of rotatable bonds is 5. The number of ether oxygens (including phenoxy) is 1. The predicted octanol–water partition coefficient (Wildman–Crippen LogP) is 3.79. The summed E-state index contributed by atoms with van der Waals surface area (Å²) in [5.41, 5.74) is 1.44. The Hall–Kier alpha value is -1.38. The van der Waals surface area contributed by atoms with E-state index in [0.29, 0.717) is 6.04 Å². The van der Waals surface area contributed by atoms with Gasteiger partial charge in [0.1, 0.15) is 0 Å². The first-order valence-electron chi connectivity index (χ1n) is 8.15. The Morgan fingerprint density at radius 3 is 2.62 bits per heavy atom. The fourth-order valence-corrected chi connectivity index (χ4v) is 3.41. The number of hydrogen-bond acceptors (Lipinski definition) is 2. The Balaban J connectivity index is 1.76. The van der Waals surface area contributed by atoms with Gasteiger partial charge in [-0.05, 0) is 48.1 Å². The number of fused-ring (bicyclic) bond motifs is 1. The highest BCUT2D eigenvalue weighted by Crippen LogP contribution is 2.23. The van der Waals surface area contributed by atoms with Crippen molar-refractivity contribution in [3.8, 4) is 0 Å². The van der Waals surface area contributed by atoms with Crippen molar-refractivity contribution >= 4 is 10.8 Å². The molecule has 0 saturated carbocycles. The quantitative estimate of drug-likeness (QED) is 0.901. The molecule has 1 N–H and O–H groups in total. The van der Waals surface area contributed by atoms with Gasteiger partial charge < -0.3 is 10.1 Å². The molecule has 1 aliphatic heterocycles. The van der Waals surface area contributed by atoms with Gasteiger partial charge >= 0.3 is 0 Å². The molecule has 2 nitrogen and oxygen atoms in total. The third-order valence-corrected chi connectivity index (χ3v) is 4.57. The van der Waals surface area contributed by atoms with Gasteiger partial charge in [0.2, 0.25) is 0 Å². The monoisotopic (exact) mass is 283 g/mol. The third kappa shape index (κ3) is 3.63. The summed E-state index contributed by atoms with van der Waals surface area (Å²) in [4.78, 5) is 0. The molecule has 3 rings (SSSR count). The molecule has 2 heteroatoms. The largest absolute Gasteiger partial charge is 0.381 e. The second kappa shape index (κ2) is 7.06. The molecule has 0 spiro atoms. The summed E-state index contributed by atoms with van der Waals surface area (Å²) in [6.07, 6.45) is 3.49. The number of hydrogen-bond donors (Lipinski definition) is 1. The summed E-state index contributed by atoms with van der Waals surface area (Å²) < 4.78 is 5.51. The molecule has 21 heavy (non-hydrogen) atoms. The van der Waals surface area contributed by atoms with Crippen molar-refractivity contribution in [2.75, 3.05) is 19.8 Å². The van der Waals surface area contributed by atoms with Crippen LogP contribution in [0.3, 0.4) is 0 Å². The second-order valence-corrected chi connectivity index (χ2v) is 6.00. The maximum absolute atomic E-state index is 5.51. The maximum Gasteiger partial charge on any atom is 0.0469 e. The number of nitrogens with one attached hydrogen (secondary N) is 1. The average molecular weight is 283 g/mol. The van der Waals surface area contributed by atoms with E-state index in [4.69, 9.17) is 4.74 Å². The fraction of sp³-hybridized carbons (Fsp3) is 0.474. The summed E-state index contributed by atoms with van der Waals surface area (Å²) in [6.45, 7) is 5.08. The molecule has 1 aliphatic rings. The molecule has 1 saturated heterocycles. The minimum Gasteiger partial charge on any atom is -0.381 e. The molecule has 1 atom stereocenters. The van der Waals surface area contributed by atoms with Crippen molar-refractivity contribution in [2.24, 2.45) is 5.92 Å². The Morgan fingerprint density at radius 2 is 1.86 bits per heavy atom. The van der Waals surface area contributed by atoms with Crippen molar-refractivity contribution in [1.29, 1.82) is 0 Å². The molecule has 0 aromatic heterocycles.